The summed E-state index contributed by atoms with van der Waals surface area (Å²) in [7, 11) is 0. The van der Waals surface area contributed by atoms with E-state index in [9.17, 15) is 13.6 Å². The minimum Gasteiger partial charge on any atom is -0.351 e. The van der Waals surface area contributed by atoms with Crippen molar-refractivity contribution in [2.75, 3.05) is 18.4 Å². The van der Waals surface area contributed by atoms with Crippen molar-refractivity contribution in [1.29, 1.82) is 0 Å². The van der Waals surface area contributed by atoms with Crippen LogP contribution in [0.15, 0.2) is 36.7 Å². The van der Waals surface area contributed by atoms with E-state index >= 15 is 0 Å². The third-order valence-electron chi connectivity index (χ3n) is 6.08. The molecule has 150 valence electrons. The van der Waals surface area contributed by atoms with E-state index in [2.05, 4.69) is 15.4 Å². The Balaban J connectivity index is 1.37. The number of hydrogen-bond donors (Lipinski definition) is 1. The molecule has 3 atom stereocenters. The van der Waals surface area contributed by atoms with Crippen molar-refractivity contribution in [3.8, 4) is 0 Å². The van der Waals surface area contributed by atoms with Crippen LogP contribution in [0.25, 0.3) is 0 Å². The summed E-state index contributed by atoms with van der Waals surface area (Å²) in [6.45, 7) is 3.25. The van der Waals surface area contributed by atoms with E-state index in [1.54, 1.807) is 0 Å². The number of likely N-dealkylation sites (tertiary alicyclic amines) is 1. The number of aromatic nitrogens is 3. The second-order valence-electron chi connectivity index (χ2n) is 7.71. The predicted molar refractivity (Wildman–Crippen MR) is 101 cm³/mol. The number of benzene rings is 1. The van der Waals surface area contributed by atoms with E-state index in [0.717, 1.165) is 18.4 Å². The van der Waals surface area contributed by atoms with Crippen LogP contribution < -0.4 is 5.32 Å². The molecule has 1 aromatic heterocycles. The molecule has 2 aromatic rings. The molecule has 1 amide bonds. The van der Waals surface area contributed by atoms with Gasteiger partial charge in [0.1, 0.15) is 12.4 Å². The van der Waals surface area contributed by atoms with Gasteiger partial charge < -0.3 is 10.2 Å². The maximum Gasteiger partial charge on any atom is 0.260 e. The van der Waals surface area contributed by atoms with Crippen LogP contribution in [0.2, 0.25) is 0 Å². The van der Waals surface area contributed by atoms with Crippen molar-refractivity contribution in [2.45, 2.75) is 50.6 Å². The average molecular weight is 389 g/mol. The largest absolute Gasteiger partial charge is 0.351 e. The summed E-state index contributed by atoms with van der Waals surface area (Å²) in [5.74, 6) is 0.610. The number of anilines is 1. The third-order valence-corrected chi connectivity index (χ3v) is 6.08. The topological polar surface area (TPSA) is 63.1 Å². The highest BCUT2D eigenvalue weighted by Gasteiger charge is 2.38. The van der Waals surface area contributed by atoms with E-state index in [1.165, 1.54) is 11.0 Å². The van der Waals surface area contributed by atoms with Gasteiger partial charge in [-0.1, -0.05) is 30.3 Å². The van der Waals surface area contributed by atoms with Gasteiger partial charge in [-0.15, -0.1) is 0 Å². The fourth-order valence-electron chi connectivity index (χ4n) is 4.38. The monoisotopic (exact) mass is 389 g/mol. The number of halogens is 2. The normalized spacial score (nSPS) is 23.9. The highest BCUT2D eigenvalue weighted by Crippen LogP contribution is 2.35. The quantitative estimate of drug-likeness (QED) is 0.872. The fourth-order valence-corrected chi connectivity index (χ4v) is 4.38. The number of hydrogen-bond acceptors (Lipinski definition) is 4. The van der Waals surface area contributed by atoms with Crippen molar-refractivity contribution in [3.05, 3.63) is 42.2 Å². The fraction of sp³-hybridized carbons (Fsp3) is 0.550. The van der Waals surface area contributed by atoms with E-state index in [1.807, 2.05) is 42.2 Å². The summed E-state index contributed by atoms with van der Waals surface area (Å²) in [6, 6.07) is 8.76. The van der Waals surface area contributed by atoms with Crippen LogP contribution in [-0.2, 0) is 4.79 Å². The van der Waals surface area contributed by atoms with Crippen LogP contribution in [0.4, 0.5) is 14.7 Å². The Hall–Kier alpha value is -2.51. The lowest BCUT2D eigenvalue weighted by Crippen LogP contribution is -2.47. The van der Waals surface area contributed by atoms with Gasteiger partial charge in [-0.05, 0) is 37.7 Å². The van der Waals surface area contributed by atoms with Crippen molar-refractivity contribution in [2.24, 2.45) is 5.92 Å². The third kappa shape index (κ3) is 3.59. The molecule has 0 spiro atoms. The number of carbonyl (C=O) groups is 1. The molecule has 0 bridgehead atoms. The van der Waals surface area contributed by atoms with Gasteiger partial charge in [0.15, 0.2) is 0 Å². The molecule has 2 aliphatic heterocycles. The molecule has 0 saturated carbocycles. The van der Waals surface area contributed by atoms with Gasteiger partial charge >= 0.3 is 0 Å². The molecular weight excluding hydrogens is 364 g/mol. The molecule has 2 aliphatic rings. The first-order chi connectivity index (χ1) is 13.5. The molecule has 0 aliphatic carbocycles. The number of alkyl halides is 2. The molecule has 0 radical (unpaired) electrons. The average Bonchev–Trinajstić information content (AvgIpc) is 3.21. The Morgan fingerprint density at radius 2 is 1.93 bits per heavy atom. The van der Waals surface area contributed by atoms with Gasteiger partial charge in [0.2, 0.25) is 11.9 Å². The van der Waals surface area contributed by atoms with E-state index in [-0.39, 0.29) is 23.8 Å². The zero-order chi connectivity index (χ0) is 19.7. The summed E-state index contributed by atoms with van der Waals surface area (Å²) in [5, 5.41) is 7.21. The summed E-state index contributed by atoms with van der Waals surface area (Å²) >= 11 is 0. The second-order valence-corrected chi connectivity index (χ2v) is 7.71. The Bertz CT molecular complexity index is 804. The van der Waals surface area contributed by atoms with Crippen molar-refractivity contribution >= 4 is 11.9 Å². The van der Waals surface area contributed by atoms with Gasteiger partial charge in [0.05, 0.1) is 5.92 Å². The lowest BCUT2D eigenvalue weighted by atomic mass is 9.84. The Morgan fingerprint density at radius 1 is 1.21 bits per heavy atom. The number of fused-ring (bicyclic) bond motifs is 1. The Morgan fingerprint density at radius 3 is 2.61 bits per heavy atom. The molecule has 8 heteroatoms. The minimum atomic E-state index is -2.47. The van der Waals surface area contributed by atoms with E-state index in [4.69, 9.17) is 0 Å². The van der Waals surface area contributed by atoms with Crippen molar-refractivity contribution in [3.63, 3.8) is 0 Å². The van der Waals surface area contributed by atoms with Crippen molar-refractivity contribution < 1.29 is 13.6 Å². The minimum absolute atomic E-state index is 0.0699. The molecule has 0 unspecified atom stereocenters. The first kappa shape index (κ1) is 18.8. The molecule has 1 saturated heterocycles. The number of rotatable bonds is 4. The molecule has 3 heterocycles. The number of amides is 1. The summed E-state index contributed by atoms with van der Waals surface area (Å²) in [4.78, 5) is 18.8. The van der Waals surface area contributed by atoms with Gasteiger partial charge in [-0.25, -0.2) is 13.5 Å². The lowest BCUT2D eigenvalue weighted by Gasteiger charge is -2.40. The number of piperidine rings is 1. The molecule has 6 nitrogen and oxygen atoms in total. The first-order valence-electron chi connectivity index (χ1n) is 9.82. The molecule has 1 aromatic carbocycles. The first-order valence-corrected chi connectivity index (χ1v) is 9.82. The van der Waals surface area contributed by atoms with Gasteiger partial charge in [0, 0.05) is 19.1 Å². The molecule has 4 rings (SSSR count). The SMILES string of the molecule is C[C@H](C(=O)N1CCC([C@@H]2C[C@H](C(F)F)n3ncnc3N2)CC1)c1ccccc1. The molecule has 28 heavy (non-hydrogen) atoms. The number of nitrogens with one attached hydrogen (secondary N) is 1. The van der Waals surface area contributed by atoms with Crippen molar-refractivity contribution in [1.82, 2.24) is 19.7 Å². The zero-order valence-electron chi connectivity index (χ0n) is 15.8. The standard InChI is InChI=1S/C20H25F2N5O/c1-13(14-5-3-2-4-6-14)19(28)26-9-7-15(8-10-26)16-11-17(18(21)22)27-20(25-16)23-12-24-27/h2-6,12-13,15-18H,7-11H2,1H3,(H,23,24,25)/t13-,16-,17+/m0/s1. The van der Waals surface area contributed by atoms with Crippen LogP contribution in [-0.4, -0.2) is 51.1 Å². The maximum atomic E-state index is 13.5. The predicted octanol–water partition coefficient (Wildman–Crippen LogP) is 3.31. The Kier molecular flexibility index (Phi) is 5.28. The summed E-state index contributed by atoms with van der Waals surface area (Å²) in [6.07, 6.45) is 0.766. The van der Waals surface area contributed by atoms with Crippen LogP contribution in [0.5, 0.6) is 0 Å². The highest BCUT2D eigenvalue weighted by atomic mass is 19.3. The van der Waals surface area contributed by atoms with E-state index in [0.29, 0.717) is 25.5 Å². The van der Waals surface area contributed by atoms with Crippen LogP contribution in [0.1, 0.15) is 43.7 Å². The zero-order valence-corrected chi connectivity index (χ0v) is 15.8. The molecule has 1 N–H and O–H groups in total. The summed E-state index contributed by atoms with van der Waals surface area (Å²) in [5.41, 5.74) is 1.02. The van der Waals surface area contributed by atoms with Crippen LogP contribution >= 0.6 is 0 Å². The number of carbonyl (C=O) groups excluding carboxylic acids is 1. The van der Waals surface area contributed by atoms with Crippen LogP contribution in [0.3, 0.4) is 0 Å². The molecular formula is C20H25F2N5O. The Labute approximate surface area is 162 Å². The van der Waals surface area contributed by atoms with Crippen LogP contribution in [0, 0.1) is 5.92 Å². The van der Waals surface area contributed by atoms with Gasteiger partial charge in [-0.3, -0.25) is 4.79 Å². The summed E-state index contributed by atoms with van der Waals surface area (Å²) < 4.78 is 28.2. The van der Waals surface area contributed by atoms with Gasteiger partial charge in [-0.2, -0.15) is 10.1 Å². The van der Waals surface area contributed by atoms with Gasteiger partial charge in [0.25, 0.3) is 6.43 Å². The number of nitrogens with zero attached hydrogens (tertiary/aromatic N) is 4. The lowest BCUT2D eigenvalue weighted by molar-refractivity contribution is -0.133. The molecule has 1 fully saturated rings. The van der Waals surface area contributed by atoms with E-state index < -0.39 is 12.5 Å². The second kappa shape index (κ2) is 7.85. The highest BCUT2D eigenvalue weighted by molar-refractivity contribution is 5.83. The maximum absolute atomic E-state index is 13.5. The smallest absolute Gasteiger partial charge is 0.260 e.